The number of hydrogen-bond acceptors (Lipinski definition) is 3. The Labute approximate surface area is 99.5 Å². The smallest absolute Gasteiger partial charge is 0.0483 e. The summed E-state index contributed by atoms with van der Waals surface area (Å²) in [5, 5.41) is 3.52. The molecule has 2 aliphatic heterocycles. The maximum absolute atomic E-state index is 5.50. The zero-order chi connectivity index (χ0) is 11.4. The van der Waals surface area contributed by atoms with Crippen LogP contribution >= 0.6 is 0 Å². The van der Waals surface area contributed by atoms with Crippen LogP contribution in [-0.4, -0.2) is 49.8 Å². The monoisotopic (exact) mass is 226 g/mol. The largest absolute Gasteiger partial charge is 0.381 e. The zero-order valence-corrected chi connectivity index (χ0v) is 10.8. The first-order valence-corrected chi connectivity index (χ1v) is 6.74. The summed E-state index contributed by atoms with van der Waals surface area (Å²) in [6.07, 6.45) is 3.68. The van der Waals surface area contributed by atoms with E-state index in [2.05, 4.69) is 24.1 Å². The number of rotatable bonds is 1. The average Bonchev–Trinajstić information content (AvgIpc) is 2.24. The molecule has 16 heavy (non-hydrogen) atoms. The van der Waals surface area contributed by atoms with E-state index in [4.69, 9.17) is 4.74 Å². The molecule has 0 aromatic heterocycles. The van der Waals surface area contributed by atoms with Crippen molar-refractivity contribution >= 4 is 0 Å². The van der Waals surface area contributed by atoms with Gasteiger partial charge in [0.2, 0.25) is 0 Å². The summed E-state index contributed by atoms with van der Waals surface area (Å²) < 4.78 is 5.50. The second kappa shape index (κ2) is 5.48. The van der Waals surface area contributed by atoms with Crippen LogP contribution in [0.1, 0.15) is 33.1 Å². The van der Waals surface area contributed by atoms with Gasteiger partial charge >= 0.3 is 0 Å². The van der Waals surface area contributed by atoms with E-state index in [1.165, 1.54) is 45.4 Å². The molecule has 2 rings (SSSR count). The van der Waals surface area contributed by atoms with E-state index in [-0.39, 0.29) is 0 Å². The van der Waals surface area contributed by atoms with Crippen LogP contribution in [0, 0.1) is 5.92 Å². The first-order chi connectivity index (χ1) is 7.71. The summed E-state index contributed by atoms with van der Waals surface area (Å²) in [5.74, 6) is 0.764. The third-order valence-corrected chi connectivity index (χ3v) is 4.14. The lowest BCUT2D eigenvalue weighted by molar-refractivity contribution is -0.0265. The van der Waals surface area contributed by atoms with Crippen molar-refractivity contribution in [1.82, 2.24) is 10.2 Å². The molecule has 3 heteroatoms. The second-order valence-corrected chi connectivity index (χ2v) is 5.72. The first-order valence-electron chi connectivity index (χ1n) is 6.74. The molecule has 0 aromatic rings. The van der Waals surface area contributed by atoms with E-state index in [9.17, 15) is 0 Å². The van der Waals surface area contributed by atoms with Crippen LogP contribution in [0.5, 0.6) is 0 Å². The predicted molar refractivity (Wildman–Crippen MR) is 66.7 cm³/mol. The van der Waals surface area contributed by atoms with Crippen molar-refractivity contribution in [2.24, 2.45) is 5.92 Å². The molecule has 2 saturated heterocycles. The van der Waals surface area contributed by atoms with Gasteiger partial charge in [0.05, 0.1) is 0 Å². The average molecular weight is 226 g/mol. The van der Waals surface area contributed by atoms with Crippen molar-refractivity contribution in [2.45, 2.75) is 38.6 Å². The van der Waals surface area contributed by atoms with Crippen LogP contribution in [0.25, 0.3) is 0 Å². The normalized spacial score (nSPS) is 33.0. The van der Waals surface area contributed by atoms with Crippen LogP contribution < -0.4 is 5.32 Å². The fraction of sp³-hybridized carbons (Fsp3) is 1.00. The lowest BCUT2D eigenvalue weighted by Gasteiger charge is -2.45. The van der Waals surface area contributed by atoms with Gasteiger partial charge in [0.15, 0.2) is 0 Å². The highest BCUT2D eigenvalue weighted by molar-refractivity contribution is 4.89. The van der Waals surface area contributed by atoms with Gasteiger partial charge in [-0.15, -0.1) is 0 Å². The maximum Gasteiger partial charge on any atom is 0.0483 e. The van der Waals surface area contributed by atoms with Gasteiger partial charge in [-0.3, -0.25) is 4.90 Å². The Balaban J connectivity index is 1.98. The highest BCUT2D eigenvalue weighted by Crippen LogP contribution is 2.28. The lowest BCUT2D eigenvalue weighted by Crippen LogP contribution is -2.53. The molecule has 1 atom stereocenters. The van der Waals surface area contributed by atoms with Gasteiger partial charge in [0, 0.05) is 25.3 Å². The van der Waals surface area contributed by atoms with E-state index in [0.29, 0.717) is 5.54 Å². The molecule has 0 spiro atoms. The van der Waals surface area contributed by atoms with Crippen molar-refractivity contribution in [1.29, 1.82) is 0 Å². The molecule has 1 N–H and O–H groups in total. The molecule has 0 saturated carbocycles. The van der Waals surface area contributed by atoms with Crippen molar-refractivity contribution in [3.05, 3.63) is 0 Å². The Morgan fingerprint density at radius 3 is 2.81 bits per heavy atom. The zero-order valence-electron chi connectivity index (χ0n) is 10.8. The van der Waals surface area contributed by atoms with Crippen LogP contribution in [0.4, 0.5) is 0 Å². The highest BCUT2D eigenvalue weighted by Gasteiger charge is 2.34. The summed E-state index contributed by atoms with van der Waals surface area (Å²) in [6, 6.07) is 0. The lowest BCUT2D eigenvalue weighted by atomic mass is 9.88. The fourth-order valence-electron chi connectivity index (χ4n) is 2.89. The third kappa shape index (κ3) is 2.96. The van der Waals surface area contributed by atoms with Gasteiger partial charge in [0.25, 0.3) is 0 Å². The summed E-state index contributed by atoms with van der Waals surface area (Å²) in [4.78, 5) is 2.72. The molecule has 3 nitrogen and oxygen atoms in total. The summed E-state index contributed by atoms with van der Waals surface area (Å²) in [5.41, 5.74) is 0.393. The molecular formula is C13H26N2O. The van der Waals surface area contributed by atoms with E-state index < -0.39 is 0 Å². The predicted octanol–water partition coefficient (Wildman–Crippen LogP) is 1.49. The molecule has 0 amide bonds. The number of ether oxygens (including phenoxy) is 1. The molecule has 94 valence electrons. The van der Waals surface area contributed by atoms with Gasteiger partial charge in [-0.25, -0.2) is 0 Å². The molecule has 0 aromatic carbocycles. The van der Waals surface area contributed by atoms with Crippen LogP contribution in [0.3, 0.4) is 0 Å². The molecule has 2 fully saturated rings. The molecule has 1 unspecified atom stereocenters. The number of hydrogen-bond donors (Lipinski definition) is 1. The standard InChI is InChI=1S/C13H26N2O/c1-12-10-14-6-3-7-15(11-12)13(2)4-8-16-9-5-13/h12,14H,3-11H2,1-2H3. The van der Waals surface area contributed by atoms with Crippen molar-refractivity contribution in [3.63, 3.8) is 0 Å². The van der Waals surface area contributed by atoms with Crippen LogP contribution in [-0.2, 0) is 4.74 Å². The van der Waals surface area contributed by atoms with E-state index in [1.807, 2.05) is 0 Å². The SMILES string of the molecule is CC1CNCCCN(C2(C)CCOCC2)C1. The Hall–Kier alpha value is -0.120. The Morgan fingerprint density at radius 2 is 2.06 bits per heavy atom. The van der Waals surface area contributed by atoms with Crippen molar-refractivity contribution in [2.75, 3.05) is 39.4 Å². The van der Waals surface area contributed by atoms with Crippen LogP contribution in [0.2, 0.25) is 0 Å². The van der Waals surface area contributed by atoms with Gasteiger partial charge in [-0.2, -0.15) is 0 Å². The van der Waals surface area contributed by atoms with E-state index >= 15 is 0 Å². The fourth-order valence-corrected chi connectivity index (χ4v) is 2.89. The molecule has 0 radical (unpaired) electrons. The van der Waals surface area contributed by atoms with Crippen LogP contribution in [0.15, 0.2) is 0 Å². The maximum atomic E-state index is 5.50. The summed E-state index contributed by atoms with van der Waals surface area (Å²) >= 11 is 0. The summed E-state index contributed by atoms with van der Waals surface area (Å²) in [7, 11) is 0. The van der Waals surface area contributed by atoms with E-state index in [0.717, 1.165) is 19.1 Å². The topological polar surface area (TPSA) is 24.5 Å². The Kier molecular flexibility index (Phi) is 4.22. The molecule has 0 bridgehead atoms. The minimum Gasteiger partial charge on any atom is -0.381 e. The molecule has 2 aliphatic rings. The van der Waals surface area contributed by atoms with Gasteiger partial charge in [-0.1, -0.05) is 6.92 Å². The van der Waals surface area contributed by atoms with Crippen molar-refractivity contribution in [3.8, 4) is 0 Å². The number of nitrogens with zero attached hydrogens (tertiary/aromatic N) is 1. The summed E-state index contributed by atoms with van der Waals surface area (Å²) in [6.45, 7) is 11.5. The highest BCUT2D eigenvalue weighted by atomic mass is 16.5. The van der Waals surface area contributed by atoms with Gasteiger partial charge < -0.3 is 10.1 Å². The van der Waals surface area contributed by atoms with E-state index in [1.54, 1.807) is 0 Å². The minimum absolute atomic E-state index is 0.393. The molecular weight excluding hydrogens is 200 g/mol. The quantitative estimate of drug-likeness (QED) is 0.733. The number of nitrogens with one attached hydrogen (secondary N) is 1. The Morgan fingerprint density at radius 1 is 1.31 bits per heavy atom. The minimum atomic E-state index is 0.393. The third-order valence-electron chi connectivity index (χ3n) is 4.14. The van der Waals surface area contributed by atoms with Gasteiger partial charge in [-0.05, 0) is 51.7 Å². The molecule has 0 aliphatic carbocycles. The molecule has 2 heterocycles. The second-order valence-electron chi connectivity index (χ2n) is 5.72. The van der Waals surface area contributed by atoms with Crippen molar-refractivity contribution < 1.29 is 4.74 Å². The Bertz CT molecular complexity index is 214. The first kappa shape index (κ1) is 12.3. The van der Waals surface area contributed by atoms with Gasteiger partial charge in [0.1, 0.15) is 0 Å².